The van der Waals surface area contributed by atoms with Crippen LogP contribution in [-0.2, 0) is 23.9 Å². The van der Waals surface area contributed by atoms with Gasteiger partial charge < -0.3 is 19.3 Å². The van der Waals surface area contributed by atoms with Crippen LogP contribution in [-0.4, -0.2) is 58.6 Å². The van der Waals surface area contributed by atoms with Crippen molar-refractivity contribution in [3.05, 3.63) is 57.2 Å². The summed E-state index contributed by atoms with van der Waals surface area (Å²) < 4.78 is 10.8. The Morgan fingerprint density at radius 2 is 1.95 bits per heavy atom. The number of amides is 1. The van der Waals surface area contributed by atoms with E-state index in [2.05, 4.69) is 0 Å². The Labute approximate surface area is 226 Å². The number of likely N-dealkylation sites (tertiary alicyclic amines) is 1. The smallest absolute Gasteiger partial charge is 0.338 e. The van der Waals surface area contributed by atoms with Crippen molar-refractivity contribution >= 4 is 46.4 Å². The van der Waals surface area contributed by atoms with E-state index in [0.717, 1.165) is 17.7 Å². The third kappa shape index (κ3) is 6.04. The average molecular weight is 546 g/mol. The number of amidine groups is 1. The lowest BCUT2D eigenvalue weighted by atomic mass is 9.93. The normalized spacial score (nSPS) is 21.5. The Hall–Kier alpha value is -2.78. The van der Waals surface area contributed by atoms with E-state index in [1.165, 1.54) is 11.8 Å². The first-order valence-electron chi connectivity index (χ1n) is 12.5. The van der Waals surface area contributed by atoms with Gasteiger partial charge in [-0.3, -0.25) is 9.59 Å². The Kier molecular flexibility index (Phi) is 8.64. The molecular formula is C27H32ClN3O5S. The highest BCUT2D eigenvalue weighted by atomic mass is 35.5. The number of benzene rings is 1. The lowest BCUT2D eigenvalue weighted by molar-refractivity contribution is -0.151. The number of hydrogen-bond acceptors (Lipinski definition) is 8. The summed E-state index contributed by atoms with van der Waals surface area (Å²) >= 11 is 7.58. The average Bonchev–Trinajstić information content (AvgIpc) is 3.25. The molecule has 0 N–H and O–H groups in total. The number of aliphatic imine (C=N–C) groups is 1. The van der Waals surface area contributed by atoms with Crippen LogP contribution in [0.15, 0.2) is 51.6 Å². The molecule has 37 heavy (non-hydrogen) atoms. The summed E-state index contributed by atoms with van der Waals surface area (Å²) in [6, 6.07) is 6.80. The van der Waals surface area contributed by atoms with Crippen LogP contribution >= 0.6 is 23.4 Å². The predicted octanol–water partition coefficient (Wildman–Crippen LogP) is 5.06. The van der Waals surface area contributed by atoms with E-state index in [1.54, 1.807) is 44.7 Å². The fraction of sp³-hybridized carbons (Fsp3) is 0.481. The molecule has 3 aliphatic rings. The van der Waals surface area contributed by atoms with Crippen LogP contribution in [0.25, 0.3) is 0 Å². The van der Waals surface area contributed by atoms with Crippen molar-refractivity contribution in [2.24, 2.45) is 10.9 Å². The number of thioether (sulfide) groups is 1. The van der Waals surface area contributed by atoms with Crippen LogP contribution in [0.4, 0.5) is 0 Å². The summed E-state index contributed by atoms with van der Waals surface area (Å²) in [7, 11) is 0. The number of carbonyl (C=O) groups is 3. The Balaban J connectivity index is 1.60. The highest BCUT2D eigenvalue weighted by Gasteiger charge is 2.42. The van der Waals surface area contributed by atoms with E-state index in [4.69, 9.17) is 26.1 Å². The van der Waals surface area contributed by atoms with E-state index in [-0.39, 0.29) is 30.3 Å². The van der Waals surface area contributed by atoms with Gasteiger partial charge in [-0.15, -0.1) is 0 Å². The van der Waals surface area contributed by atoms with Gasteiger partial charge in [-0.2, -0.15) is 0 Å². The van der Waals surface area contributed by atoms with Crippen molar-refractivity contribution in [2.75, 3.05) is 19.7 Å². The topological polar surface area (TPSA) is 88.5 Å². The minimum atomic E-state index is -0.515. The molecule has 3 aliphatic heterocycles. The molecule has 2 atom stereocenters. The summed E-state index contributed by atoms with van der Waals surface area (Å²) in [5, 5.41) is 3.20. The summed E-state index contributed by atoms with van der Waals surface area (Å²) in [5.74, 6) is -1.07. The summed E-state index contributed by atoms with van der Waals surface area (Å²) in [6.45, 7) is 8.47. The van der Waals surface area contributed by atoms with E-state index in [0.29, 0.717) is 47.6 Å². The maximum absolute atomic E-state index is 13.4. The summed E-state index contributed by atoms with van der Waals surface area (Å²) in [6.07, 6.45) is 1.30. The molecule has 2 unspecified atom stereocenters. The number of piperidine rings is 1. The molecule has 0 saturated carbocycles. The number of rotatable bonds is 7. The minimum Gasteiger partial charge on any atom is -0.466 e. The molecule has 0 radical (unpaired) electrons. The van der Waals surface area contributed by atoms with Crippen LogP contribution in [0, 0.1) is 5.92 Å². The van der Waals surface area contributed by atoms with Gasteiger partial charge in [0.05, 0.1) is 42.4 Å². The second kappa shape index (κ2) is 11.7. The number of fused-ring (bicyclic) bond motifs is 1. The second-order valence-electron chi connectivity index (χ2n) is 9.51. The quantitative estimate of drug-likeness (QED) is 0.442. The van der Waals surface area contributed by atoms with E-state index < -0.39 is 12.0 Å². The van der Waals surface area contributed by atoms with Gasteiger partial charge in [-0.05, 0) is 63.6 Å². The van der Waals surface area contributed by atoms with Gasteiger partial charge in [0, 0.05) is 23.8 Å². The third-order valence-corrected chi connectivity index (χ3v) is 7.62. The van der Waals surface area contributed by atoms with Crippen molar-refractivity contribution < 1.29 is 23.9 Å². The van der Waals surface area contributed by atoms with Crippen LogP contribution < -0.4 is 0 Å². The van der Waals surface area contributed by atoms with Gasteiger partial charge in [0.1, 0.15) is 0 Å². The minimum absolute atomic E-state index is 0.0745. The first-order chi connectivity index (χ1) is 17.7. The molecule has 10 heteroatoms. The number of ether oxygens (including phenoxy) is 2. The molecule has 1 saturated heterocycles. The van der Waals surface area contributed by atoms with Crippen molar-refractivity contribution in [3.63, 3.8) is 0 Å². The number of nitrogens with zero attached hydrogens (tertiary/aromatic N) is 3. The fourth-order valence-corrected chi connectivity index (χ4v) is 5.88. The molecular weight excluding hydrogens is 514 g/mol. The summed E-state index contributed by atoms with van der Waals surface area (Å²) in [4.78, 5) is 47.3. The third-order valence-electron chi connectivity index (χ3n) is 6.48. The molecule has 8 nitrogen and oxygen atoms in total. The maximum atomic E-state index is 13.4. The van der Waals surface area contributed by atoms with E-state index in [9.17, 15) is 14.4 Å². The standard InChI is InChI=1S/C27H32ClN3O5S/c1-5-35-25(33)19-7-6-12-30(14-19)22(32)13-21-15-37-27-29-17(4)23(26(34)36-16(2)3)24(31(21)27)18-8-10-20(28)11-9-18/h8-11,15-16,19,24H,5-7,12-14H2,1-4H3. The van der Waals surface area contributed by atoms with Gasteiger partial charge in [-0.25, -0.2) is 9.79 Å². The zero-order valence-electron chi connectivity index (χ0n) is 21.5. The molecule has 1 aromatic carbocycles. The lowest BCUT2D eigenvalue weighted by Crippen LogP contribution is -2.44. The van der Waals surface area contributed by atoms with E-state index >= 15 is 0 Å². The lowest BCUT2D eigenvalue weighted by Gasteiger charge is -2.37. The monoisotopic (exact) mass is 545 g/mol. The highest BCUT2D eigenvalue weighted by molar-refractivity contribution is 8.16. The Bertz CT molecular complexity index is 1160. The molecule has 4 rings (SSSR count). The second-order valence-corrected chi connectivity index (χ2v) is 10.8. The van der Waals surface area contributed by atoms with Crippen molar-refractivity contribution in [3.8, 4) is 0 Å². The zero-order valence-corrected chi connectivity index (χ0v) is 23.1. The number of allylic oxidation sites excluding steroid dienone is 1. The fourth-order valence-electron chi connectivity index (χ4n) is 4.79. The van der Waals surface area contributed by atoms with E-state index in [1.807, 2.05) is 22.4 Å². The number of carbonyl (C=O) groups excluding carboxylic acids is 3. The maximum Gasteiger partial charge on any atom is 0.338 e. The molecule has 198 valence electrons. The summed E-state index contributed by atoms with van der Waals surface area (Å²) in [5.41, 5.74) is 2.60. The van der Waals surface area contributed by atoms with Crippen LogP contribution in [0.3, 0.4) is 0 Å². The van der Waals surface area contributed by atoms with Gasteiger partial charge in [0.25, 0.3) is 0 Å². The first-order valence-corrected chi connectivity index (χ1v) is 13.8. The molecule has 1 amide bonds. The zero-order chi connectivity index (χ0) is 26.7. The first kappa shape index (κ1) is 27.3. The van der Waals surface area contributed by atoms with Gasteiger partial charge >= 0.3 is 11.9 Å². The Morgan fingerprint density at radius 1 is 1.22 bits per heavy atom. The van der Waals surface area contributed by atoms with Gasteiger partial charge in [0.15, 0.2) is 5.17 Å². The van der Waals surface area contributed by atoms with Crippen LogP contribution in [0.1, 0.15) is 58.6 Å². The molecule has 1 aromatic rings. The van der Waals surface area contributed by atoms with Crippen molar-refractivity contribution in [1.29, 1.82) is 0 Å². The van der Waals surface area contributed by atoms with Crippen LogP contribution in [0.5, 0.6) is 0 Å². The number of hydrogen-bond donors (Lipinski definition) is 0. The molecule has 0 aliphatic carbocycles. The van der Waals surface area contributed by atoms with Gasteiger partial charge in [-0.1, -0.05) is 35.5 Å². The van der Waals surface area contributed by atoms with Crippen molar-refractivity contribution in [1.82, 2.24) is 9.80 Å². The number of halogens is 1. The highest BCUT2D eigenvalue weighted by Crippen LogP contribution is 2.45. The SMILES string of the molecule is CCOC(=O)C1CCCN(C(=O)CC2=CSC3=NC(C)=C(C(=O)OC(C)C)C(c4ccc(Cl)cc4)N23)C1. The largest absolute Gasteiger partial charge is 0.466 e. The molecule has 1 fully saturated rings. The molecule has 0 aromatic heterocycles. The van der Waals surface area contributed by atoms with Crippen molar-refractivity contribution in [2.45, 2.75) is 59.1 Å². The predicted molar refractivity (Wildman–Crippen MR) is 144 cm³/mol. The molecule has 0 spiro atoms. The molecule has 0 bridgehead atoms. The number of esters is 2. The van der Waals surface area contributed by atoms with Crippen LogP contribution in [0.2, 0.25) is 5.02 Å². The Morgan fingerprint density at radius 3 is 2.62 bits per heavy atom. The van der Waals surface area contributed by atoms with Gasteiger partial charge in [0.2, 0.25) is 5.91 Å². The molecule has 3 heterocycles.